The summed E-state index contributed by atoms with van der Waals surface area (Å²) in [6.45, 7) is 8.45. The Hall–Kier alpha value is -2.10. The standard InChI is InChI=1S/C21H29N3O/c1-6-17(7-2)24-21-14(4)22-20(13(3)23-21)18-11-15-9-8-10-16(15)12-19(18)25-5/h11-12,17H,6-10H2,1-5H3,(H,23,24). The molecular formula is C21H29N3O. The SMILES string of the molecule is CCC(CC)Nc1nc(C)c(-c2cc3c(cc2OC)CCC3)nc1C. The van der Waals surface area contributed by atoms with E-state index in [2.05, 4.69) is 31.3 Å². The van der Waals surface area contributed by atoms with E-state index in [0.717, 1.165) is 59.9 Å². The second kappa shape index (κ2) is 7.42. The maximum atomic E-state index is 5.67. The predicted octanol–water partition coefficient (Wildman–Crippen LogP) is 4.86. The lowest BCUT2D eigenvalue weighted by Gasteiger charge is -2.19. The van der Waals surface area contributed by atoms with Gasteiger partial charge in [0.05, 0.1) is 24.2 Å². The Morgan fingerprint density at radius 2 is 1.72 bits per heavy atom. The van der Waals surface area contributed by atoms with Gasteiger partial charge < -0.3 is 10.1 Å². The molecule has 3 rings (SSSR count). The number of ether oxygens (including phenoxy) is 1. The zero-order chi connectivity index (χ0) is 18.0. The average molecular weight is 339 g/mol. The molecule has 0 aliphatic heterocycles. The summed E-state index contributed by atoms with van der Waals surface area (Å²) in [6, 6.07) is 4.88. The molecule has 0 fully saturated rings. The maximum Gasteiger partial charge on any atom is 0.148 e. The van der Waals surface area contributed by atoms with Gasteiger partial charge in [-0.3, -0.25) is 0 Å². The van der Waals surface area contributed by atoms with Crippen LogP contribution in [0.5, 0.6) is 5.75 Å². The highest BCUT2D eigenvalue weighted by Gasteiger charge is 2.20. The van der Waals surface area contributed by atoms with Gasteiger partial charge in [-0.05, 0) is 69.2 Å². The molecule has 0 spiro atoms. The number of nitrogens with zero attached hydrogens (tertiary/aromatic N) is 2. The van der Waals surface area contributed by atoms with Crippen molar-refractivity contribution in [3.63, 3.8) is 0 Å². The zero-order valence-corrected chi connectivity index (χ0v) is 16.1. The number of aromatic nitrogens is 2. The first kappa shape index (κ1) is 17.7. The Morgan fingerprint density at radius 3 is 2.36 bits per heavy atom. The lowest BCUT2D eigenvalue weighted by Crippen LogP contribution is -2.19. The summed E-state index contributed by atoms with van der Waals surface area (Å²) in [5.41, 5.74) is 6.71. The summed E-state index contributed by atoms with van der Waals surface area (Å²) < 4.78 is 5.67. The average Bonchev–Trinajstić information content (AvgIpc) is 3.08. The molecule has 1 N–H and O–H groups in total. The molecule has 4 heteroatoms. The normalized spacial score (nSPS) is 13.2. The lowest BCUT2D eigenvalue weighted by molar-refractivity contribution is 0.416. The number of fused-ring (bicyclic) bond motifs is 1. The molecule has 0 saturated heterocycles. The van der Waals surface area contributed by atoms with E-state index in [1.54, 1.807) is 7.11 Å². The summed E-state index contributed by atoms with van der Waals surface area (Å²) in [6.07, 6.45) is 5.68. The number of methoxy groups -OCH3 is 1. The van der Waals surface area contributed by atoms with Gasteiger partial charge in [0.1, 0.15) is 11.6 Å². The van der Waals surface area contributed by atoms with E-state index in [1.807, 2.05) is 13.8 Å². The van der Waals surface area contributed by atoms with Crippen molar-refractivity contribution >= 4 is 5.82 Å². The van der Waals surface area contributed by atoms with Crippen LogP contribution in [0.25, 0.3) is 11.3 Å². The van der Waals surface area contributed by atoms with Gasteiger partial charge in [0.25, 0.3) is 0 Å². The van der Waals surface area contributed by atoms with E-state index < -0.39 is 0 Å². The van der Waals surface area contributed by atoms with Gasteiger partial charge in [0, 0.05) is 11.6 Å². The molecule has 134 valence electrons. The summed E-state index contributed by atoms with van der Waals surface area (Å²) in [5.74, 6) is 1.80. The van der Waals surface area contributed by atoms with Crippen molar-refractivity contribution in [1.29, 1.82) is 0 Å². The quantitative estimate of drug-likeness (QED) is 0.816. The van der Waals surface area contributed by atoms with Crippen LogP contribution in [-0.2, 0) is 12.8 Å². The van der Waals surface area contributed by atoms with Crippen LogP contribution in [0.2, 0.25) is 0 Å². The number of aryl methyl sites for hydroxylation is 4. The number of hydrogen-bond acceptors (Lipinski definition) is 4. The van der Waals surface area contributed by atoms with Crippen LogP contribution in [0.3, 0.4) is 0 Å². The van der Waals surface area contributed by atoms with Crippen LogP contribution in [0.4, 0.5) is 5.82 Å². The minimum absolute atomic E-state index is 0.438. The highest BCUT2D eigenvalue weighted by molar-refractivity contribution is 5.72. The Bertz CT molecular complexity index is 766. The third-order valence-corrected chi connectivity index (χ3v) is 5.24. The van der Waals surface area contributed by atoms with Crippen molar-refractivity contribution in [2.24, 2.45) is 0 Å². The van der Waals surface area contributed by atoms with Gasteiger partial charge in [-0.25, -0.2) is 9.97 Å². The second-order valence-electron chi connectivity index (χ2n) is 6.92. The first-order chi connectivity index (χ1) is 12.1. The van der Waals surface area contributed by atoms with Gasteiger partial charge in [-0.15, -0.1) is 0 Å². The number of anilines is 1. The molecule has 0 radical (unpaired) electrons. The fourth-order valence-corrected chi connectivity index (χ4v) is 3.64. The van der Waals surface area contributed by atoms with Crippen molar-refractivity contribution in [3.05, 3.63) is 34.6 Å². The summed E-state index contributed by atoms with van der Waals surface area (Å²) in [7, 11) is 1.73. The van der Waals surface area contributed by atoms with Crippen molar-refractivity contribution < 1.29 is 4.74 Å². The molecule has 1 aliphatic carbocycles. The number of hydrogen-bond donors (Lipinski definition) is 1. The van der Waals surface area contributed by atoms with Crippen molar-refractivity contribution in [2.45, 2.75) is 65.8 Å². The molecule has 1 aromatic heterocycles. The number of benzene rings is 1. The van der Waals surface area contributed by atoms with Crippen LogP contribution < -0.4 is 10.1 Å². The molecule has 1 heterocycles. The van der Waals surface area contributed by atoms with Crippen molar-refractivity contribution in [1.82, 2.24) is 9.97 Å². The van der Waals surface area contributed by atoms with E-state index >= 15 is 0 Å². The molecular weight excluding hydrogens is 310 g/mol. The van der Waals surface area contributed by atoms with E-state index in [4.69, 9.17) is 14.7 Å². The molecule has 0 unspecified atom stereocenters. The lowest BCUT2D eigenvalue weighted by atomic mass is 10.0. The molecule has 1 aromatic carbocycles. The van der Waals surface area contributed by atoms with Gasteiger partial charge >= 0.3 is 0 Å². The molecule has 25 heavy (non-hydrogen) atoms. The first-order valence-corrected chi connectivity index (χ1v) is 9.39. The molecule has 1 aliphatic rings. The molecule has 0 amide bonds. The molecule has 2 aromatic rings. The monoisotopic (exact) mass is 339 g/mol. The maximum absolute atomic E-state index is 5.67. The van der Waals surface area contributed by atoms with Crippen molar-refractivity contribution in [2.75, 3.05) is 12.4 Å². The fraction of sp³-hybridized carbons (Fsp3) is 0.524. The smallest absolute Gasteiger partial charge is 0.148 e. The molecule has 0 saturated carbocycles. The van der Waals surface area contributed by atoms with Crippen LogP contribution in [-0.4, -0.2) is 23.1 Å². The zero-order valence-electron chi connectivity index (χ0n) is 16.1. The van der Waals surface area contributed by atoms with Gasteiger partial charge in [0.2, 0.25) is 0 Å². The summed E-state index contributed by atoms with van der Waals surface area (Å²) >= 11 is 0. The molecule has 0 atom stereocenters. The first-order valence-electron chi connectivity index (χ1n) is 9.39. The second-order valence-corrected chi connectivity index (χ2v) is 6.92. The molecule has 4 nitrogen and oxygen atoms in total. The Labute approximate surface area is 151 Å². The summed E-state index contributed by atoms with van der Waals surface area (Å²) in [4.78, 5) is 9.72. The topological polar surface area (TPSA) is 47.0 Å². The van der Waals surface area contributed by atoms with E-state index in [-0.39, 0.29) is 0 Å². The fourth-order valence-electron chi connectivity index (χ4n) is 3.64. The largest absolute Gasteiger partial charge is 0.496 e. The number of rotatable bonds is 6. The highest BCUT2D eigenvalue weighted by Crippen LogP contribution is 2.37. The minimum atomic E-state index is 0.438. The third kappa shape index (κ3) is 3.48. The van der Waals surface area contributed by atoms with Gasteiger partial charge in [0.15, 0.2) is 0 Å². The Balaban J connectivity index is 2.02. The van der Waals surface area contributed by atoms with Crippen LogP contribution >= 0.6 is 0 Å². The van der Waals surface area contributed by atoms with Crippen LogP contribution in [0.15, 0.2) is 12.1 Å². The third-order valence-electron chi connectivity index (χ3n) is 5.24. The van der Waals surface area contributed by atoms with E-state index in [0.29, 0.717) is 6.04 Å². The predicted molar refractivity (Wildman–Crippen MR) is 104 cm³/mol. The van der Waals surface area contributed by atoms with Gasteiger partial charge in [-0.2, -0.15) is 0 Å². The molecule has 0 bridgehead atoms. The van der Waals surface area contributed by atoms with E-state index in [9.17, 15) is 0 Å². The van der Waals surface area contributed by atoms with Crippen molar-refractivity contribution in [3.8, 4) is 17.0 Å². The summed E-state index contributed by atoms with van der Waals surface area (Å²) in [5, 5.41) is 3.53. The Kier molecular flexibility index (Phi) is 5.26. The van der Waals surface area contributed by atoms with Crippen LogP contribution in [0, 0.1) is 13.8 Å². The highest BCUT2D eigenvalue weighted by atomic mass is 16.5. The number of nitrogens with one attached hydrogen (secondary N) is 1. The van der Waals surface area contributed by atoms with Crippen LogP contribution in [0.1, 0.15) is 55.6 Å². The minimum Gasteiger partial charge on any atom is -0.496 e. The Morgan fingerprint density at radius 1 is 1.04 bits per heavy atom. The van der Waals surface area contributed by atoms with E-state index in [1.165, 1.54) is 17.5 Å². The van der Waals surface area contributed by atoms with Gasteiger partial charge in [-0.1, -0.05) is 13.8 Å².